The molecule has 1 aliphatic carbocycles. The Labute approximate surface area is 200 Å². The highest BCUT2D eigenvalue weighted by molar-refractivity contribution is 5.99. The maximum absolute atomic E-state index is 4.91. The van der Waals surface area contributed by atoms with E-state index < -0.39 is 0 Å². The lowest BCUT2D eigenvalue weighted by Crippen LogP contribution is -2.07. The van der Waals surface area contributed by atoms with Gasteiger partial charge in [0.05, 0.1) is 0 Å². The Kier molecular flexibility index (Phi) is 8.21. The van der Waals surface area contributed by atoms with E-state index in [4.69, 9.17) is 4.99 Å². The number of aryl methyl sites for hydroxylation is 2. The molecule has 0 saturated heterocycles. The van der Waals surface area contributed by atoms with Crippen LogP contribution in [0.4, 0.5) is 0 Å². The van der Waals surface area contributed by atoms with Crippen LogP contribution in [0.1, 0.15) is 68.9 Å². The Bertz CT molecular complexity index is 1130. The van der Waals surface area contributed by atoms with E-state index in [0.717, 1.165) is 48.4 Å². The monoisotopic (exact) mass is 439 g/mol. The maximum atomic E-state index is 4.91. The highest BCUT2D eigenvalue weighted by Crippen LogP contribution is 2.34. The minimum absolute atomic E-state index is 0.921. The molecule has 0 amide bonds. The van der Waals surface area contributed by atoms with Gasteiger partial charge in [0.25, 0.3) is 0 Å². The summed E-state index contributed by atoms with van der Waals surface area (Å²) in [5.41, 5.74) is 12.6. The Morgan fingerprint density at radius 1 is 1.24 bits per heavy atom. The number of aliphatic imine (C=N–C) groups is 1. The smallest absolute Gasteiger partial charge is 0.0463 e. The van der Waals surface area contributed by atoms with Crippen molar-refractivity contribution in [2.45, 2.75) is 60.3 Å². The molecule has 0 atom stereocenters. The van der Waals surface area contributed by atoms with Crippen LogP contribution in [0.15, 0.2) is 83.0 Å². The molecule has 3 heteroatoms. The zero-order valence-electron chi connectivity index (χ0n) is 21.1. The lowest BCUT2D eigenvalue weighted by Gasteiger charge is -2.15. The topological polar surface area (TPSA) is 28.5 Å². The highest BCUT2D eigenvalue weighted by atomic mass is 15.1. The Hall–Kier alpha value is -3.20. The summed E-state index contributed by atoms with van der Waals surface area (Å²) in [6.07, 6.45) is 14.3. The maximum Gasteiger partial charge on any atom is 0.0463 e. The number of fused-ring (bicyclic) bond motifs is 1. The average Bonchev–Trinajstić information content (AvgIpc) is 3.26. The molecule has 0 saturated carbocycles. The number of pyridine rings is 1. The first kappa shape index (κ1) is 24.4. The Morgan fingerprint density at radius 3 is 2.67 bits per heavy atom. The second-order valence-electron chi connectivity index (χ2n) is 8.90. The number of hydrogen-bond acceptors (Lipinski definition) is 3. The summed E-state index contributed by atoms with van der Waals surface area (Å²) >= 11 is 0. The predicted octanol–water partition coefficient (Wildman–Crippen LogP) is 7.30. The van der Waals surface area contributed by atoms with Crippen LogP contribution in [0.3, 0.4) is 0 Å². The third-order valence-corrected chi connectivity index (χ3v) is 6.39. The molecule has 2 aromatic rings. The van der Waals surface area contributed by atoms with Crippen molar-refractivity contribution >= 4 is 11.8 Å². The molecule has 1 aromatic carbocycles. The van der Waals surface area contributed by atoms with Gasteiger partial charge >= 0.3 is 0 Å². The van der Waals surface area contributed by atoms with Crippen molar-refractivity contribution in [2.75, 3.05) is 7.05 Å². The molecular formula is C30H37N3. The molecule has 3 rings (SSSR count). The number of hydrogen-bond donors (Lipinski definition) is 0. The summed E-state index contributed by atoms with van der Waals surface area (Å²) in [5.74, 6) is 0. The predicted molar refractivity (Wildman–Crippen MR) is 142 cm³/mol. The van der Waals surface area contributed by atoms with Crippen molar-refractivity contribution in [1.82, 2.24) is 9.88 Å². The molecule has 0 aliphatic heterocycles. The normalized spacial score (nSPS) is 14.2. The van der Waals surface area contributed by atoms with Gasteiger partial charge in [0, 0.05) is 48.3 Å². The van der Waals surface area contributed by atoms with Crippen molar-refractivity contribution in [3.63, 3.8) is 0 Å². The van der Waals surface area contributed by atoms with Gasteiger partial charge in [-0.2, -0.15) is 0 Å². The van der Waals surface area contributed by atoms with E-state index in [1.54, 1.807) is 6.20 Å². The summed E-state index contributed by atoms with van der Waals surface area (Å²) < 4.78 is 0. The van der Waals surface area contributed by atoms with Gasteiger partial charge in [-0.3, -0.25) is 9.98 Å². The van der Waals surface area contributed by atoms with Crippen LogP contribution < -0.4 is 0 Å². The average molecular weight is 440 g/mol. The second-order valence-corrected chi connectivity index (χ2v) is 8.90. The first-order valence-corrected chi connectivity index (χ1v) is 11.9. The molecule has 0 N–H and O–H groups in total. The van der Waals surface area contributed by atoms with E-state index in [-0.39, 0.29) is 0 Å². The number of benzene rings is 1. The summed E-state index contributed by atoms with van der Waals surface area (Å²) in [6.45, 7) is 14.6. The molecule has 1 aromatic heterocycles. The van der Waals surface area contributed by atoms with Gasteiger partial charge in [-0.05, 0) is 92.8 Å². The van der Waals surface area contributed by atoms with Gasteiger partial charge in [0.1, 0.15) is 0 Å². The molecule has 0 spiro atoms. The Morgan fingerprint density at radius 2 is 2.03 bits per heavy atom. The van der Waals surface area contributed by atoms with E-state index in [1.807, 2.05) is 19.2 Å². The minimum atomic E-state index is 0.921. The van der Waals surface area contributed by atoms with Crippen molar-refractivity contribution < 1.29 is 0 Å². The van der Waals surface area contributed by atoms with Crippen molar-refractivity contribution in [1.29, 1.82) is 0 Å². The van der Waals surface area contributed by atoms with Crippen LogP contribution in [0.2, 0.25) is 0 Å². The van der Waals surface area contributed by atoms with Crippen LogP contribution in [-0.2, 0) is 19.3 Å². The SMILES string of the molecule is C=C(C)N(C)/C=C(\C)C1=Cc2c(CCC(=C/C)/N=C(\C)c3cccnc3)cc(CC)cc2C1. The molecule has 0 unspecified atom stereocenters. The lowest BCUT2D eigenvalue weighted by molar-refractivity contribution is 0.568. The fourth-order valence-electron chi connectivity index (χ4n) is 4.15. The summed E-state index contributed by atoms with van der Waals surface area (Å²) in [6, 6.07) is 8.80. The molecule has 33 heavy (non-hydrogen) atoms. The van der Waals surface area contributed by atoms with Crippen molar-refractivity contribution in [3.8, 4) is 0 Å². The lowest BCUT2D eigenvalue weighted by atomic mass is 9.95. The fourth-order valence-corrected chi connectivity index (χ4v) is 4.15. The van der Waals surface area contributed by atoms with Crippen LogP contribution in [0, 0.1) is 0 Å². The van der Waals surface area contributed by atoms with E-state index >= 15 is 0 Å². The summed E-state index contributed by atoms with van der Waals surface area (Å²) in [5, 5.41) is 0. The number of rotatable bonds is 9. The first-order chi connectivity index (χ1) is 15.8. The second kappa shape index (κ2) is 11.1. The van der Waals surface area contributed by atoms with Crippen molar-refractivity contribution in [2.24, 2.45) is 4.99 Å². The van der Waals surface area contributed by atoms with E-state index in [2.05, 4.69) is 87.8 Å². The zero-order chi connectivity index (χ0) is 24.0. The van der Waals surface area contributed by atoms with Crippen LogP contribution >= 0.6 is 0 Å². The van der Waals surface area contributed by atoms with Gasteiger partial charge in [0.2, 0.25) is 0 Å². The van der Waals surface area contributed by atoms with Gasteiger partial charge in [-0.25, -0.2) is 0 Å². The van der Waals surface area contributed by atoms with Gasteiger partial charge in [-0.15, -0.1) is 0 Å². The van der Waals surface area contributed by atoms with Gasteiger partial charge in [-0.1, -0.05) is 43.9 Å². The summed E-state index contributed by atoms with van der Waals surface area (Å²) in [4.78, 5) is 11.2. The third-order valence-electron chi connectivity index (χ3n) is 6.39. The molecule has 1 aliphatic rings. The first-order valence-electron chi connectivity index (χ1n) is 11.9. The minimum Gasteiger partial charge on any atom is -0.355 e. The molecule has 172 valence electrons. The molecule has 1 heterocycles. The molecule has 0 fully saturated rings. The standard InChI is InChI=1S/C30H37N3/c1-8-24-15-25(12-13-29(9-2)32-23(6)26-11-10-14-31-19-26)30-18-27(17-28(30)16-24)22(5)20-33(7)21(3)4/h9-11,14-16,18-20H,3,8,12-13,17H2,1-2,4-7H3/b22-20+,29-9-,32-23+. The van der Waals surface area contributed by atoms with Gasteiger partial charge in [0.15, 0.2) is 0 Å². The van der Waals surface area contributed by atoms with E-state index in [9.17, 15) is 0 Å². The highest BCUT2D eigenvalue weighted by Gasteiger charge is 2.18. The van der Waals surface area contributed by atoms with Crippen LogP contribution in [0.5, 0.6) is 0 Å². The zero-order valence-corrected chi connectivity index (χ0v) is 21.1. The molecule has 0 radical (unpaired) electrons. The van der Waals surface area contributed by atoms with Crippen LogP contribution in [0.25, 0.3) is 6.08 Å². The fraction of sp³-hybridized carbons (Fsp3) is 0.333. The van der Waals surface area contributed by atoms with E-state index in [1.165, 1.54) is 33.4 Å². The van der Waals surface area contributed by atoms with Crippen LogP contribution in [-0.4, -0.2) is 22.6 Å². The number of allylic oxidation sites excluding steroid dienone is 5. The van der Waals surface area contributed by atoms with Gasteiger partial charge < -0.3 is 4.90 Å². The quantitative estimate of drug-likeness (QED) is 0.384. The number of nitrogens with zero attached hydrogens (tertiary/aromatic N) is 3. The number of aromatic nitrogens is 1. The molecular weight excluding hydrogens is 402 g/mol. The third kappa shape index (κ3) is 6.19. The van der Waals surface area contributed by atoms with Crippen molar-refractivity contribution in [3.05, 3.63) is 106 Å². The Balaban J connectivity index is 1.84. The van der Waals surface area contributed by atoms with E-state index in [0.29, 0.717) is 0 Å². The summed E-state index contributed by atoms with van der Waals surface area (Å²) in [7, 11) is 2.06. The molecule has 0 bridgehead atoms. The molecule has 3 nitrogen and oxygen atoms in total. The largest absolute Gasteiger partial charge is 0.355 e.